The van der Waals surface area contributed by atoms with Crippen molar-refractivity contribution in [3.05, 3.63) is 35.1 Å². The second-order valence-corrected chi connectivity index (χ2v) is 10.7. The standard InChI is InChI=1S/C23H28ClN3O5S/c1-14(2)30-23(28)27-10-8-16(9-11-27)31-21-15(3)22(26-13-25-21)32-20-7-6-18(12-19(20)24)33(29)17-4-5-17/h6-7,12-14,16-17H,4-5,8-11H2,1-3H3. The third-order valence-electron chi connectivity index (χ3n) is 5.48. The van der Waals surface area contributed by atoms with Crippen LogP contribution in [-0.4, -0.2) is 55.7 Å². The average Bonchev–Trinajstić information content (AvgIpc) is 3.63. The van der Waals surface area contributed by atoms with E-state index < -0.39 is 10.8 Å². The topological polar surface area (TPSA) is 90.9 Å². The van der Waals surface area contributed by atoms with Crippen molar-refractivity contribution in [2.75, 3.05) is 13.1 Å². The first kappa shape index (κ1) is 23.8. The van der Waals surface area contributed by atoms with E-state index in [0.29, 0.717) is 58.9 Å². The summed E-state index contributed by atoms with van der Waals surface area (Å²) >= 11 is 6.39. The molecule has 10 heteroatoms. The van der Waals surface area contributed by atoms with Crippen LogP contribution in [0.1, 0.15) is 45.1 Å². The molecule has 178 valence electrons. The molecule has 8 nitrogen and oxygen atoms in total. The third kappa shape index (κ3) is 5.95. The van der Waals surface area contributed by atoms with E-state index in [-0.39, 0.29) is 23.6 Å². The van der Waals surface area contributed by atoms with Gasteiger partial charge in [-0.1, -0.05) is 11.6 Å². The number of hydrogen-bond donors (Lipinski definition) is 0. The molecule has 0 spiro atoms. The summed E-state index contributed by atoms with van der Waals surface area (Å²) in [4.78, 5) is 23.0. The molecule has 1 atom stereocenters. The van der Waals surface area contributed by atoms with Crippen LogP contribution in [-0.2, 0) is 15.5 Å². The van der Waals surface area contributed by atoms with E-state index in [9.17, 15) is 9.00 Å². The molecule has 2 aliphatic rings. The minimum absolute atomic E-state index is 0.0742. The number of benzene rings is 1. The zero-order chi connectivity index (χ0) is 23.5. The third-order valence-corrected chi connectivity index (χ3v) is 7.57. The Balaban J connectivity index is 1.38. The molecule has 1 aromatic heterocycles. The van der Waals surface area contributed by atoms with E-state index >= 15 is 0 Å². The van der Waals surface area contributed by atoms with Crippen molar-refractivity contribution < 1.29 is 23.2 Å². The van der Waals surface area contributed by atoms with Gasteiger partial charge in [0.15, 0.2) is 0 Å². The van der Waals surface area contributed by atoms with Crippen LogP contribution >= 0.6 is 11.6 Å². The van der Waals surface area contributed by atoms with Crippen molar-refractivity contribution >= 4 is 28.5 Å². The monoisotopic (exact) mass is 493 g/mol. The number of hydrogen-bond acceptors (Lipinski definition) is 7. The molecule has 1 saturated carbocycles. The van der Waals surface area contributed by atoms with Crippen molar-refractivity contribution in [1.82, 2.24) is 14.9 Å². The normalized spacial score (nSPS) is 17.7. The highest BCUT2D eigenvalue weighted by Crippen LogP contribution is 2.36. The number of piperidine rings is 1. The molecular weight excluding hydrogens is 466 g/mol. The van der Waals surface area contributed by atoms with Crippen molar-refractivity contribution in [2.45, 2.75) is 68.8 Å². The Morgan fingerprint density at radius 2 is 1.85 bits per heavy atom. The first-order chi connectivity index (χ1) is 15.8. The second kappa shape index (κ2) is 10.3. The minimum atomic E-state index is -1.03. The molecule has 1 aromatic carbocycles. The fraction of sp³-hybridized carbons (Fsp3) is 0.522. The summed E-state index contributed by atoms with van der Waals surface area (Å²) in [6, 6.07) is 5.19. The lowest BCUT2D eigenvalue weighted by atomic mass is 10.1. The first-order valence-electron chi connectivity index (χ1n) is 11.1. The number of aromatic nitrogens is 2. The SMILES string of the molecule is Cc1c(Oc2ccc(S(=O)C3CC3)cc2Cl)ncnc1OC1CCN(C(=O)OC(C)C)CC1. The van der Waals surface area contributed by atoms with Gasteiger partial charge in [0.1, 0.15) is 18.2 Å². The molecule has 1 amide bonds. The fourth-order valence-corrected chi connectivity index (χ4v) is 5.17. The van der Waals surface area contributed by atoms with Crippen LogP contribution < -0.4 is 9.47 Å². The Hall–Kier alpha value is -2.39. The predicted molar refractivity (Wildman–Crippen MR) is 125 cm³/mol. The Kier molecular flexibility index (Phi) is 7.38. The number of rotatable bonds is 7. The van der Waals surface area contributed by atoms with Gasteiger partial charge in [-0.15, -0.1) is 0 Å². The second-order valence-electron chi connectivity index (χ2n) is 8.54. The van der Waals surface area contributed by atoms with Gasteiger partial charge in [0, 0.05) is 36.1 Å². The van der Waals surface area contributed by atoms with Crippen molar-refractivity contribution in [1.29, 1.82) is 0 Å². The van der Waals surface area contributed by atoms with Gasteiger partial charge in [-0.25, -0.2) is 14.8 Å². The van der Waals surface area contributed by atoms with E-state index in [4.69, 9.17) is 25.8 Å². The summed E-state index contributed by atoms with van der Waals surface area (Å²) in [7, 11) is -1.03. The molecular formula is C23H28ClN3O5S. The largest absolute Gasteiger partial charge is 0.474 e. The first-order valence-corrected chi connectivity index (χ1v) is 12.7. The fourth-order valence-electron chi connectivity index (χ4n) is 3.50. The van der Waals surface area contributed by atoms with E-state index in [1.54, 1.807) is 23.1 Å². The zero-order valence-electron chi connectivity index (χ0n) is 19.0. The van der Waals surface area contributed by atoms with Crippen LogP contribution in [0.2, 0.25) is 5.02 Å². The van der Waals surface area contributed by atoms with Crippen molar-refractivity contribution in [3.8, 4) is 17.5 Å². The summed E-state index contributed by atoms with van der Waals surface area (Å²) in [5, 5.41) is 0.618. The number of likely N-dealkylation sites (tertiary alicyclic amines) is 1. The maximum absolute atomic E-state index is 12.4. The molecule has 4 rings (SSSR count). The molecule has 33 heavy (non-hydrogen) atoms. The lowest BCUT2D eigenvalue weighted by molar-refractivity contribution is 0.0505. The van der Waals surface area contributed by atoms with Crippen LogP contribution in [0.15, 0.2) is 29.4 Å². The van der Waals surface area contributed by atoms with Gasteiger partial charge in [-0.05, 0) is 51.8 Å². The van der Waals surface area contributed by atoms with Gasteiger partial charge in [-0.3, -0.25) is 4.21 Å². The highest BCUT2D eigenvalue weighted by Gasteiger charge is 2.30. The lowest BCUT2D eigenvalue weighted by Crippen LogP contribution is -2.42. The molecule has 0 radical (unpaired) electrons. The minimum Gasteiger partial charge on any atom is -0.474 e. The van der Waals surface area contributed by atoms with Gasteiger partial charge in [0.2, 0.25) is 11.8 Å². The quantitative estimate of drug-likeness (QED) is 0.542. The van der Waals surface area contributed by atoms with E-state index in [1.165, 1.54) is 6.33 Å². The number of nitrogens with zero attached hydrogens (tertiary/aromatic N) is 3. The number of ether oxygens (including phenoxy) is 3. The number of halogens is 1. The molecule has 2 heterocycles. The molecule has 1 unspecified atom stereocenters. The lowest BCUT2D eigenvalue weighted by Gasteiger charge is -2.31. The Bertz CT molecular complexity index is 1040. The summed E-state index contributed by atoms with van der Waals surface area (Å²) in [6.45, 7) is 6.62. The molecule has 0 bridgehead atoms. The molecule has 1 aliphatic heterocycles. The molecule has 0 N–H and O–H groups in total. The van der Waals surface area contributed by atoms with Gasteiger partial charge in [-0.2, -0.15) is 0 Å². The van der Waals surface area contributed by atoms with Crippen LogP contribution in [0.3, 0.4) is 0 Å². The number of carbonyl (C=O) groups is 1. The average molecular weight is 494 g/mol. The van der Waals surface area contributed by atoms with Gasteiger partial charge in [0.05, 0.1) is 27.5 Å². The van der Waals surface area contributed by atoms with Crippen LogP contribution in [0.4, 0.5) is 4.79 Å². The van der Waals surface area contributed by atoms with E-state index in [2.05, 4.69) is 9.97 Å². The molecule has 1 aliphatic carbocycles. The predicted octanol–water partition coefficient (Wildman–Crippen LogP) is 4.89. The molecule has 2 aromatic rings. The molecule has 2 fully saturated rings. The number of amides is 1. The summed E-state index contributed by atoms with van der Waals surface area (Å²) in [6.07, 6.45) is 4.22. The highest BCUT2D eigenvalue weighted by atomic mass is 35.5. The Morgan fingerprint density at radius 3 is 2.48 bits per heavy atom. The number of carbonyl (C=O) groups excluding carboxylic acids is 1. The van der Waals surface area contributed by atoms with Crippen molar-refractivity contribution in [2.24, 2.45) is 0 Å². The van der Waals surface area contributed by atoms with Crippen LogP contribution in [0.5, 0.6) is 17.5 Å². The van der Waals surface area contributed by atoms with Crippen LogP contribution in [0.25, 0.3) is 0 Å². The van der Waals surface area contributed by atoms with E-state index in [1.807, 2.05) is 20.8 Å². The summed E-state index contributed by atoms with van der Waals surface area (Å²) < 4.78 is 29.7. The maximum atomic E-state index is 12.4. The summed E-state index contributed by atoms with van der Waals surface area (Å²) in [5.74, 6) is 1.21. The van der Waals surface area contributed by atoms with Crippen molar-refractivity contribution in [3.63, 3.8) is 0 Å². The highest BCUT2D eigenvalue weighted by molar-refractivity contribution is 7.86. The maximum Gasteiger partial charge on any atom is 0.410 e. The smallest absolute Gasteiger partial charge is 0.410 e. The summed E-state index contributed by atoms with van der Waals surface area (Å²) in [5.41, 5.74) is 0.654. The Morgan fingerprint density at radius 1 is 1.15 bits per heavy atom. The van der Waals surface area contributed by atoms with Gasteiger partial charge in [0.25, 0.3) is 0 Å². The van der Waals surface area contributed by atoms with E-state index in [0.717, 1.165) is 12.8 Å². The molecule has 1 saturated heterocycles. The Labute approximate surface area is 201 Å². The zero-order valence-corrected chi connectivity index (χ0v) is 20.5. The van der Waals surface area contributed by atoms with Gasteiger partial charge >= 0.3 is 6.09 Å². The van der Waals surface area contributed by atoms with Crippen LogP contribution in [0, 0.1) is 6.92 Å². The van der Waals surface area contributed by atoms with Gasteiger partial charge < -0.3 is 19.1 Å².